The highest BCUT2D eigenvalue weighted by molar-refractivity contribution is 6.03. The zero-order valence-corrected chi connectivity index (χ0v) is 16.3. The number of aromatic nitrogens is 5. The topological polar surface area (TPSA) is 88.4 Å². The van der Waals surface area contributed by atoms with E-state index in [1.54, 1.807) is 28.9 Å². The van der Waals surface area contributed by atoms with Crippen molar-refractivity contribution in [3.63, 3.8) is 0 Å². The Labute approximate surface area is 171 Å². The third kappa shape index (κ3) is 3.03. The zero-order valence-electron chi connectivity index (χ0n) is 16.3. The predicted octanol–water partition coefficient (Wildman–Crippen LogP) is 2.24. The zero-order chi connectivity index (χ0) is 20.5. The lowest BCUT2D eigenvalue weighted by molar-refractivity contribution is -0.357. The van der Waals surface area contributed by atoms with Crippen LogP contribution in [0.2, 0.25) is 0 Å². The van der Waals surface area contributed by atoms with E-state index in [9.17, 15) is 4.79 Å². The van der Waals surface area contributed by atoms with Gasteiger partial charge in [0.1, 0.15) is 5.52 Å². The van der Waals surface area contributed by atoms with Gasteiger partial charge in [0.05, 0.1) is 30.4 Å². The Morgan fingerprint density at radius 2 is 1.80 bits per heavy atom. The van der Waals surface area contributed by atoms with Crippen molar-refractivity contribution in [3.05, 3.63) is 76.8 Å². The first-order chi connectivity index (χ1) is 14.8. The summed E-state index contributed by atoms with van der Waals surface area (Å²) in [6.45, 7) is 0.863. The van der Waals surface area contributed by atoms with Gasteiger partial charge >= 0.3 is 5.56 Å². The van der Waals surface area contributed by atoms with Crippen LogP contribution in [0.3, 0.4) is 0 Å². The van der Waals surface area contributed by atoms with Crippen molar-refractivity contribution in [1.29, 1.82) is 0 Å². The summed E-state index contributed by atoms with van der Waals surface area (Å²) < 4.78 is 8.34. The number of hydrogen-bond acceptors (Lipinski definition) is 5. The van der Waals surface area contributed by atoms with Crippen LogP contribution in [0.1, 0.15) is 5.56 Å². The number of aromatic amines is 1. The Balaban J connectivity index is 1.82. The number of rotatable bonds is 5. The SMILES string of the molecule is COCCn1c[nH+]c2c(c1=O)c1nc3ccccc3nc1n2/N=C\c1ccccc1. The van der Waals surface area contributed by atoms with Gasteiger partial charge in [-0.25, -0.2) is 24.3 Å². The monoisotopic (exact) mass is 399 g/mol. The smallest absolute Gasteiger partial charge is 0.322 e. The third-order valence-electron chi connectivity index (χ3n) is 4.93. The fourth-order valence-electron chi connectivity index (χ4n) is 3.44. The molecular formula is C22H19N6O2+. The lowest BCUT2D eigenvalue weighted by Crippen LogP contribution is -2.28. The van der Waals surface area contributed by atoms with Crippen molar-refractivity contribution < 1.29 is 9.72 Å². The molecule has 0 fully saturated rings. The fourth-order valence-corrected chi connectivity index (χ4v) is 3.44. The molecule has 1 N–H and O–H groups in total. The molecule has 0 unspecified atom stereocenters. The van der Waals surface area contributed by atoms with Crippen molar-refractivity contribution in [2.75, 3.05) is 13.7 Å². The van der Waals surface area contributed by atoms with Crippen molar-refractivity contribution in [1.82, 2.24) is 19.2 Å². The molecule has 0 amide bonds. The number of para-hydroxylation sites is 2. The molecule has 5 rings (SSSR count). The van der Waals surface area contributed by atoms with E-state index in [1.807, 2.05) is 54.6 Å². The van der Waals surface area contributed by atoms with E-state index in [0.29, 0.717) is 35.3 Å². The summed E-state index contributed by atoms with van der Waals surface area (Å²) in [5.74, 6) is 0. The maximum atomic E-state index is 13.2. The molecule has 8 heteroatoms. The summed E-state index contributed by atoms with van der Waals surface area (Å²) in [6.07, 6.45) is 3.37. The number of methoxy groups -OCH3 is 1. The van der Waals surface area contributed by atoms with E-state index in [0.717, 1.165) is 16.6 Å². The molecule has 8 nitrogen and oxygen atoms in total. The summed E-state index contributed by atoms with van der Waals surface area (Å²) in [5, 5.41) is 5.07. The second-order valence-electron chi connectivity index (χ2n) is 6.84. The number of ether oxygens (including phenoxy) is 1. The highest BCUT2D eigenvalue weighted by atomic mass is 16.5. The van der Waals surface area contributed by atoms with E-state index in [4.69, 9.17) is 14.7 Å². The maximum Gasteiger partial charge on any atom is 0.322 e. The van der Waals surface area contributed by atoms with Gasteiger partial charge in [0.2, 0.25) is 5.65 Å². The Morgan fingerprint density at radius 3 is 2.57 bits per heavy atom. The van der Waals surface area contributed by atoms with E-state index >= 15 is 0 Å². The van der Waals surface area contributed by atoms with Gasteiger partial charge in [-0.2, -0.15) is 0 Å². The van der Waals surface area contributed by atoms with Crippen LogP contribution < -0.4 is 10.5 Å². The minimum absolute atomic E-state index is 0.163. The first kappa shape index (κ1) is 18.1. The molecule has 0 radical (unpaired) electrons. The molecule has 5 aromatic rings. The van der Waals surface area contributed by atoms with Crippen LogP contribution in [0.15, 0.2) is 70.8 Å². The first-order valence-corrected chi connectivity index (χ1v) is 9.56. The summed E-state index contributed by atoms with van der Waals surface area (Å²) in [4.78, 5) is 25.9. The Morgan fingerprint density at radius 1 is 1.07 bits per heavy atom. The number of nitrogens with zero attached hydrogens (tertiary/aromatic N) is 5. The van der Waals surface area contributed by atoms with Gasteiger partial charge in [-0.1, -0.05) is 42.5 Å². The molecule has 0 aliphatic carbocycles. The van der Waals surface area contributed by atoms with E-state index in [-0.39, 0.29) is 5.56 Å². The fraction of sp³-hybridized carbons (Fsp3) is 0.136. The standard InChI is InChI=1S/C22H18N6O2/c1-30-12-11-27-14-23-20-18(22(27)29)19-21(26-17-10-6-5-9-16(17)25-19)28(20)24-13-15-7-3-2-4-8-15/h2-10,13-14H,11-12H2,1H3/p+1/b24-13-. The summed E-state index contributed by atoms with van der Waals surface area (Å²) in [7, 11) is 1.61. The van der Waals surface area contributed by atoms with Gasteiger partial charge in [0.15, 0.2) is 11.7 Å². The van der Waals surface area contributed by atoms with Gasteiger partial charge in [0, 0.05) is 7.11 Å². The first-order valence-electron chi connectivity index (χ1n) is 9.56. The van der Waals surface area contributed by atoms with Crippen LogP contribution in [-0.2, 0) is 11.3 Å². The van der Waals surface area contributed by atoms with Crippen LogP contribution in [0.4, 0.5) is 0 Å². The summed E-state index contributed by atoms with van der Waals surface area (Å²) >= 11 is 0. The van der Waals surface area contributed by atoms with Crippen LogP contribution in [0.5, 0.6) is 0 Å². The minimum Gasteiger partial charge on any atom is -0.381 e. The molecule has 0 saturated heterocycles. The predicted molar refractivity (Wildman–Crippen MR) is 115 cm³/mol. The van der Waals surface area contributed by atoms with E-state index in [1.165, 1.54) is 0 Å². The molecule has 0 saturated carbocycles. The maximum absolute atomic E-state index is 13.2. The van der Waals surface area contributed by atoms with Crippen LogP contribution in [0, 0.1) is 0 Å². The number of nitrogens with one attached hydrogen (secondary N) is 1. The molecule has 0 spiro atoms. The Kier molecular flexibility index (Phi) is 4.53. The lowest BCUT2D eigenvalue weighted by Gasteiger charge is -1.99. The average Bonchev–Trinajstić information content (AvgIpc) is 3.09. The van der Waals surface area contributed by atoms with Crippen LogP contribution in [0.25, 0.3) is 33.2 Å². The normalized spacial score (nSPS) is 11.9. The van der Waals surface area contributed by atoms with Crippen LogP contribution in [-0.4, -0.2) is 39.1 Å². The van der Waals surface area contributed by atoms with Crippen molar-refractivity contribution in [3.8, 4) is 0 Å². The second kappa shape index (κ2) is 7.49. The highest BCUT2D eigenvalue weighted by Crippen LogP contribution is 2.23. The number of benzene rings is 2. The van der Waals surface area contributed by atoms with Gasteiger partial charge in [0.25, 0.3) is 5.65 Å². The third-order valence-corrected chi connectivity index (χ3v) is 4.93. The quantitative estimate of drug-likeness (QED) is 0.424. The molecule has 0 bridgehead atoms. The van der Waals surface area contributed by atoms with Crippen LogP contribution >= 0.6 is 0 Å². The van der Waals surface area contributed by atoms with Gasteiger partial charge < -0.3 is 4.74 Å². The Bertz CT molecular complexity index is 1450. The van der Waals surface area contributed by atoms with E-state index in [2.05, 4.69) is 10.1 Å². The van der Waals surface area contributed by atoms with Gasteiger partial charge in [-0.15, -0.1) is 9.78 Å². The molecule has 0 aliphatic rings. The average molecular weight is 399 g/mol. The molecule has 2 aromatic carbocycles. The number of fused-ring (bicyclic) bond motifs is 4. The molecular weight excluding hydrogens is 380 g/mol. The minimum atomic E-state index is -0.163. The van der Waals surface area contributed by atoms with Gasteiger partial charge in [-0.05, 0) is 17.7 Å². The molecule has 3 aromatic heterocycles. The molecule has 0 aliphatic heterocycles. The Hall–Kier alpha value is -3.91. The van der Waals surface area contributed by atoms with E-state index < -0.39 is 0 Å². The van der Waals surface area contributed by atoms with Gasteiger partial charge in [-0.3, -0.25) is 0 Å². The molecule has 0 atom stereocenters. The summed E-state index contributed by atoms with van der Waals surface area (Å²) in [5.41, 5.74) is 3.83. The van der Waals surface area contributed by atoms with Crippen molar-refractivity contribution in [2.24, 2.45) is 5.10 Å². The largest absolute Gasteiger partial charge is 0.381 e. The summed E-state index contributed by atoms with van der Waals surface area (Å²) in [6, 6.07) is 17.3. The number of hydrogen-bond donors (Lipinski definition) is 0. The highest BCUT2D eigenvalue weighted by Gasteiger charge is 2.24. The van der Waals surface area contributed by atoms with Crippen molar-refractivity contribution >= 4 is 39.4 Å². The lowest BCUT2D eigenvalue weighted by atomic mass is 10.2. The molecule has 148 valence electrons. The molecule has 30 heavy (non-hydrogen) atoms. The number of H-pyrrole nitrogens is 1. The molecule has 3 heterocycles. The second-order valence-corrected chi connectivity index (χ2v) is 6.84. The van der Waals surface area contributed by atoms with Crippen molar-refractivity contribution in [2.45, 2.75) is 6.54 Å².